The minimum absolute atomic E-state index is 0.0168. The zero-order valence-corrected chi connectivity index (χ0v) is 17.2. The van der Waals surface area contributed by atoms with Crippen LogP contribution < -0.4 is 15.4 Å². The van der Waals surface area contributed by atoms with Crippen molar-refractivity contribution in [3.8, 4) is 5.75 Å². The fourth-order valence-electron chi connectivity index (χ4n) is 3.51. The van der Waals surface area contributed by atoms with Crippen LogP contribution in [0.5, 0.6) is 5.75 Å². The van der Waals surface area contributed by atoms with Crippen molar-refractivity contribution in [3.63, 3.8) is 0 Å². The van der Waals surface area contributed by atoms with Gasteiger partial charge in [-0.3, -0.25) is 0 Å². The Morgan fingerprint density at radius 1 is 1.18 bits per heavy atom. The molecular weight excluding hydrogens is 360 g/mol. The summed E-state index contributed by atoms with van der Waals surface area (Å²) >= 11 is 0. The molecule has 0 unspecified atom stereocenters. The third-order valence-corrected chi connectivity index (χ3v) is 5.69. The topological polar surface area (TPSA) is 85.9 Å². The van der Waals surface area contributed by atoms with Gasteiger partial charge in [-0.05, 0) is 36.5 Å². The van der Waals surface area contributed by atoms with E-state index in [1.54, 1.807) is 7.11 Å². The van der Waals surface area contributed by atoms with Crippen molar-refractivity contribution in [2.45, 2.75) is 44.6 Å². The molecule has 0 bridgehead atoms. The first kappa shape index (κ1) is 22.0. The van der Waals surface area contributed by atoms with Gasteiger partial charge in [0.15, 0.2) is 0 Å². The molecule has 1 aliphatic rings. The number of urea groups is 1. The lowest BCUT2D eigenvalue weighted by Gasteiger charge is -2.38. The first-order chi connectivity index (χ1) is 13.5. The Kier molecular flexibility index (Phi) is 8.11. The molecule has 156 valence electrons. The number of amides is 2. The van der Waals surface area contributed by atoms with Crippen LogP contribution in [-0.2, 0) is 19.7 Å². The maximum Gasteiger partial charge on any atom is 0.328 e. The highest BCUT2D eigenvalue weighted by molar-refractivity contribution is 5.83. The smallest absolute Gasteiger partial charge is 0.328 e. The average molecular weight is 392 g/mol. The van der Waals surface area contributed by atoms with Gasteiger partial charge in [-0.1, -0.05) is 32.4 Å². The van der Waals surface area contributed by atoms with Gasteiger partial charge >= 0.3 is 12.0 Å². The van der Waals surface area contributed by atoms with Crippen molar-refractivity contribution in [1.29, 1.82) is 0 Å². The molecule has 1 saturated heterocycles. The van der Waals surface area contributed by atoms with Crippen LogP contribution in [-0.4, -0.2) is 52.0 Å². The fourth-order valence-corrected chi connectivity index (χ4v) is 3.51. The molecule has 2 amide bonds. The number of rotatable bonds is 8. The van der Waals surface area contributed by atoms with Crippen LogP contribution in [0.2, 0.25) is 0 Å². The molecule has 0 aliphatic carbocycles. The van der Waals surface area contributed by atoms with Gasteiger partial charge in [0.25, 0.3) is 0 Å². The normalized spacial score (nSPS) is 17.9. The van der Waals surface area contributed by atoms with E-state index in [-0.39, 0.29) is 17.4 Å². The Balaban J connectivity index is 2.08. The molecule has 1 heterocycles. The molecule has 2 atom stereocenters. The van der Waals surface area contributed by atoms with E-state index in [1.165, 1.54) is 7.11 Å². The van der Waals surface area contributed by atoms with Crippen LogP contribution in [0.1, 0.15) is 38.7 Å². The molecule has 0 spiro atoms. The number of hydrogen-bond acceptors (Lipinski definition) is 5. The monoisotopic (exact) mass is 392 g/mol. The van der Waals surface area contributed by atoms with Gasteiger partial charge in [-0.2, -0.15) is 0 Å². The number of carbonyl (C=O) groups excluding carboxylic acids is 2. The van der Waals surface area contributed by atoms with E-state index < -0.39 is 12.0 Å². The quantitative estimate of drug-likeness (QED) is 0.664. The van der Waals surface area contributed by atoms with Gasteiger partial charge in [0.1, 0.15) is 11.8 Å². The molecule has 1 aliphatic heterocycles. The van der Waals surface area contributed by atoms with E-state index in [0.717, 1.165) is 30.6 Å². The second-order valence-electron chi connectivity index (χ2n) is 7.33. The number of hydrogen-bond donors (Lipinski definition) is 2. The Morgan fingerprint density at radius 3 is 2.36 bits per heavy atom. The molecule has 1 aromatic carbocycles. The lowest BCUT2D eigenvalue weighted by molar-refractivity contribution is -0.144. The predicted molar refractivity (Wildman–Crippen MR) is 107 cm³/mol. The maximum absolute atomic E-state index is 12.5. The summed E-state index contributed by atoms with van der Waals surface area (Å²) in [7, 11) is 2.97. The summed E-state index contributed by atoms with van der Waals surface area (Å²) in [6.07, 6.45) is 2.38. The molecule has 28 heavy (non-hydrogen) atoms. The molecule has 2 N–H and O–H groups in total. The summed E-state index contributed by atoms with van der Waals surface area (Å²) in [4.78, 5) is 24.5. The van der Waals surface area contributed by atoms with Crippen molar-refractivity contribution in [3.05, 3.63) is 29.8 Å². The van der Waals surface area contributed by atoms with Crippen LogP contribution in [0.4, 0.5) is 4.79 Å². The average Bonchev–Trinajstić information content (AvgIpc) is 2.75. The van der Waals surface area contributed by atoms with Gasteiger partial charge in [0.2, 0.25) is 0 Å². The maximum atomic E-state index is 12.5. The highest BCUT2D eigenvalue weighted by Gasteiger charge is 2.35. The fraction of sp³-hybridized carbons (Fsp3) is 0.619. The number of benzene rings is 1. The predicted octanol–water partition coefficient (Wildman–Crippen LogP) is 2.63. The van der Waals surface area contributed by atoms with Crippen molar-refractivity contribution in [2.24, 2.45) is 5.92 Å². The minimum atomic E-state index is -0.665. The molecule has 7 heteroatoms. The number of methoxy groups -OCH3 is 2. The first-order valence-corrected chi connectivity index (χ1v) is 9.80. The Morgan fingerprint density at radius 2 is 1.82 bits per heavy atom. The Hall–Kier alpha value is -2.28. The van der Waals surface area contributed by atoms with E-state index in [2.05, 4.69) is 10.6 Å². The SMILES string of the molecule is CC[C@H](C)[C@H](NC(=O)NCC1(c2ccc(OC)cc2)CCOCC1)C(=O)OC. The van der Waals surface area contributed by atoms with Gasteiger partial charge in [0, 0.05) is 25.2 Å². The first-order valence-electron chi connectivity index (χ1n) is 9.80. The van der Waals surface area contributed by atoms with Gasteiger partial charge < -0.3 is 24.8 Å². The highest BCUT2D eigenvalue weighted by Crippen LogP contribution is 2.35. The minimum Gasteiger partial charge on any atom is -0.497 e. The molecule has 1 fully saturated rings. The summed E-state index contributed by atoms with van der Waals surface area (Å²) in [5.74, 6) is 0.350. The summed E-state index contributed by atoms with van der Waals surface area (Å²) in [5, 5.41) is 5.73. The van der Waals surface area contributed by atoms with Crippen molar-refractivity contribution < 1.29 is 23.8 Å². The van der Waals surface area contributed by atoms with Crippen molar-refractivity contribution in [2.75, 3.05) is 34.0 Å². The van der Waals surface area contributed by atoms with Crippen LogP contribution in [0.15, 0.2) is 24.3 Å². The highest BCUT2D eigenvalue weighted by atomic mass is 16.5. The van der Waals surface area contributed by atoms with Gasteiger partial charge in [-0.15, -0.1) is 0 Å². The van der Waals surface area contributed by atoms with Crippen molar-refractivity contribution in [1.82, 2.24) is 10.6 Å². The van der Waals surface area contributed by atoms with E-state index in [4.69, 9.17) is 14.2 Å². The van der Waals surface area contributed by atoms with Crippen LogP contribution in [0, 0.1) is 5.92 Å². The van der Waals surface area contributed by atoms with Crippen LogP contribution in [0.25, 0.3) is 0 Å². The summed E-state index contributed by atoms with van der Waals surface area (Å²) in [6.45, 7) is 5.64. The molecule has 0 radical (unpaired) electrons. The van der Waals surface area contributed by atoms with E-state index in [9.17, 15) is 9.59 Å². The number of nitrogens with one attached hydrogen (secondary N) is 2. The lowest BCUT2D eigenvalue weighted by Crippen LogP contribution is -2.52. The second-order valence-corrected chi connectivity index (χ2v) is 7.33. The summed E-state index contributed by atoms with van der Waals surface area (Å²) in [6, 6.07) is 6.92. The standard InChI is InChI=1S/C21H32N2O5/c1-5-15(2)18(19(24)27-4)23-20(25)22-14-21(10-12-28-13-11-21)16-6-8-17(26-3)9-7-16/h6-9,15,18H,5,10-14H2,1-4H3,(H2,22,23,25)/t15-,18-/m0/s1. The summed E-state index contributed by atoms with van der Waals surface area (Å²) < 4.78 is 15.6. The Bertz CT molecular complexity index is 641. The van der Waals surface area contributed by atoms with E-state index in [0.29, 0.717) is 19.8 Å². The van der Waals surface area contributed by atoms with Gasteiger partial charge in [0.05, 0.1) is 14.2 Å². The number of ether oxygens (including phenoxy) is 3. The third kappa shape index (κ3) is 5.38. The Labute approximate surface area is 167 Å². The molecular formula is C21H32N2O5. The van der Waals surface area contributed by atoms with Gasteiger partial charge in [-0.25, -0.2) is 9.59 Å². The van der Waals surface area contributed by atoms with Crippen LogP contribution >= 0.6 is 0 Å². The molecule has 1 aromatic rings. The van der Waals surface area contributed by atoms with E-state index in [1.807, 2.05) is 38.1 Å². The largest absolute Gasteiger partial charge is 0.497 e. The number of carbonyl (C=O) groups is 2. The zero-order valence-electron chi connectivity index (χ0n) is 17.2. The second kappa shape index (κ2) is 10.3. The zero-order chi connectivity index (χ0) is 20.6. The molecule has 0 saturated carbocycles. The molecule has 0 aromatic heterocycles. The molecule has 2 rings (SSSR count). The summed E-state index contributed by atoms with van der Waals surface area (Å²) in [5.41, 5.74) is 0.933. The third-order valence-electron chi connectivity index (χ3n) is 5.69. The molecule has 7 nitrogen and oxygen atoms in total. The lowest BCUT2D eigenvalue weighted by atomic mass is 9.74. The van der Waals surface area contributed by atoms with Crippen molar-refractivity contribution >= 4 is 12.0 Å². The number of esters is 1. The van der Waals surface area contributed by atoms with Crippen LogP contribution in [0.3, 0.4) is 0 Å². The van der Waals surface area contributed by atoms with E-state index >= 15 is 0 Å².